The third-order valence-corrected chi connectivity index (χ3v) is 3.91. The first-order chi connectivity index (χ1) is 9.13. The van der Waals surface area contributed by atoms with E-state index in [0.717, 1.165) is 26.1 Å². The monoisotopic (exact) mass is 262 g/mol. The molecule has 19 heavy (non-hydrogen) atoms. The average molecular weight is 262 g/mol. The number of nitrogens with zero attached hydrogens (tertiary/aromatic N) is 1. The van der Waals surface area contributed by atoms with Gasteiger partial charge in [0.2, 0.25) is 0 Å². The number of ether oxygens (including phenoxy) is 1. The molecule has 0 saturated carbocycles. The topological polar surface area (TPSA) is 38.5 Å². The van der Waals surface area contributed by atoms with E-state index < -0.39 is 0 Å². The lowest BCUT2D eigenvalue weighted by Gasteiger charge is -2.33. The summed E-state index contributed by atoms with van der Waals surface area (Å²) in [5, 5.41) is 0. The maximum absolute atomic E-state index is 6.46. The van der Waals surface area contributed by atoms with Crippen molar-refractivity contribution in [3.63, 3.8) is 0 Å². The molecule has 3 heteroatoms. The third-order valence-electron chi connectivity index (χ3n) is 3.91. The van der Waals surface area contributed by atoms with Gasteiger partial charge in [-0.2, -0.15) is 0 Å². The first-order valence-corrected chi connectivity index (χ1v) is 7.20. The van der Waals surface area contributed by atoms with E-state index in [9.17, 15) is 0 Å². The largest absolute Gasteiger partial charge is 0.383 e. The highest BCUT2D eigenvalue weighted by atomic mass is 16.5. The van der Waals surface area contributed by atoms with Gasteiger partial charge in [0.25, 0.3) is 0 Å². The minimum atomic E-state index is 0.131. The summed E-state index contributed by atoms with van der Waals surface area (Å²) in [5.74, 6) is 0.646. The normalized spacial score (nSPS) is 22.2. The quantitative estimate of drug-likeness (QED) is 0.854. The van der Waals surface area contributed by atoms with Gasteiger partial charge in [0.1, 0.15) is 0 Å². The van der Waals surface area contributed by atoms with E-state index in [2.05, 4.69) is 43.0 Å². The van der Waals surface area contributed by atoms with Crippen molar-refractivity contribution in [1.29, 1.82) is 0 Å². The van der Waals surface area contributed by atoms with E-state index in [1.54, 1.807) is 7.11 Å². The predicted molar refractivity (Wildman–Crippen MR) is 79.1 cm³/mol. The smallest absolute Gasteiger partial charge is 0.0589 e. The summed E-state index contributed by atoms with van der Waals surface area (Å²) >= 11 is 0. The molecule has 1 aliphatic carbocycles. The van der Waals surface area contributed by atoms with Gasteiger partial charge in [0, 0.05) is 32.3 Å². The summed E-state index contributed by atoms with van der Waals surface area (Å²) in [7, 11) is 1.76. The molecule has 106 valence electrons. The van der Waals surface area contributed by atoms with Gasteiger partial charge in [0.15, 0.2) is 0 Å². The van der Waals surface area contributed by atoms with Crippen molar-refractivity contribution < 1.29 is 4.74 Å². The lowest BCUT2D eigenvalue weighted by atomic mass is 10.1. The molecule has 0 radical (unpaired) electrons. The van der Waals surface area contributed by atoms with E-state index in [-0.39, 0.29) is 6.04 Å². The third kappa shape index (κ3) is 3.35. The van der Waals surface area contributed by atoms with Crippen molar-refractivity contribution in [3.05, 3.63) is 35.4 Å². The molecule has 1 aromatic carbocycles. The minimum absolute atomic E-state index is 0.131. The molecular formula is C16H26N2O. The van der Waals surface area contributed by atoms with Crippen LogP contribution in [0, 0.1) is 5.92 Å². The molecule has 0 aromatic heterocycles. The van der Waals surface area contributed by atoms with Crippen molar-refractivity contribution >= 4 is 0 Å². The molecule has 2 rings (SSSR count). The lowest BCUT2D eigenvalue weighted by molar-refractivity contribution is 0.103. The Balaban J connectivity index is 2.11. The number of nitrogens with two attached hydrogens (primary N) is 1. The second-order valence-electron chi connectivity index (χ2n) is 5.88. The molecule has 0 heterocycles. The second kappa shape index (κ2) is 6.51. The van der Waals surface area contributed by atoms with Gasteiger partial charge < -0.3 is 10.5 Å². The Labute approximate surface area is 116 Å². The van der Waals surface area contributed by atoms with Crippen LogP contribution in [-0.2, 0) is 11.2 Å². The van der Waals surface area contributed by atoms with Crippen molar-refractivity contribution in [1.82, 2.24) is 4.90 Å². The molecule has 1 aliphatic rings. The van der Waals surface area contributed by atoms with Crippen LogP contribution in [0.15, 0.2) is 24.3 Å². The van der Waals surface area contributed by atoms with Gasteiger partial charge in [-0.1, -0.05) is 38.1 Å². The van der Waals surface area contributed by atoms with Crippen molar-refractivity contribution in [2.75, 3.05) is 26.8 Å². The Bertz CT molecular complexity index is 405. The zero-order valence-corrected chi connectivity index (χ0v) is 12.3. The van der Waals surface area contributed by atoms with Crippen LogP contribution in [0.4, 0.5) is 0 Å². The molecule has 0 fully saturated rings. The van der Waals surface area contributed by atoms with Crippen LogP contribution < -0.4 is 5.73 Å². The minimum Gasteiger partial charge on any atom is -0.383 e. The highest BCUT2D eigenvalue weighted by Gasteiger charge is 2.33. The van der Waals surface area contributed by atoms with Crippen LogP contribution in [0.5, 0.6) is 0 Å². The van der Waals surface area contributed by atoms with Crippen LogP contribution in [0.1, 0.15) is 31.0 Å². The van der Waals surface area contributed by atoms with E-state index in [1.165, 1.54) is 11.1 Å². The van der Waals surface area contributed by atoms with Crippen molar-refractivity contribution in [2.45, 2.75) is 32.4 Å². The maximum Gasteiger partial charge on any atom is 0.0589 e. The van der Waals surface area contributed by atoms with Gasteiger partial charge in [-0.3, -0.25) is 4.90 Å². The molecule has 0 amide bonds. The number of fused-ring (bicyclic) bond motifs is 1. The number of methoxy groups -OCH3 is 1. The fourth-order valence-corrected chi connectivity index (χ4v) is 3.03. The standard InChI is InChI=1S/C16H26N2O/c1-12(2)11-18(8-9-19-3)15-10-13-6-4-5-7-14(13)16(15)17/h4-7,12,15-16H,8-11,17H2,1-3H3. The SMILES string of the molecule is COCCN(CC(C)C)C1Cc2ccccc2C1N. The number of benzene rings is 1. The van der Waals surface area contributed by atoms with E-state index >= 15 is 0 Å². The van der Waals surface area contributed by atoms with Gasteiger partial charge in [-0.05, 0) is 23.5 Å². The molecule has 2 N–H and O–H groups in total. The van der Waals surface area contributed by atoms with Gasteiger partial charge in [-0.25, -0.2) is 0 Å². The number of hydrogen-bond acceptors (Lipinski definition) is 3. The molecule has 0 spiro atoms. The second-order valence-corrected chi connectivity index (χ2v) is 5.88. The highest BCUT2D eigenvalue weighted by molar-refractivity contribution is 5.36. The van der Waals surface area contributed by atoms with E-state index in [4.69, 9.17) is 10.5 Å². The van der Waals surface area contributed by atoms with Crippen LogP contribution in [0.3, 0.4) is 0 Å². The Kier molecular flexibility index (Phi) is 4.97. The summed E-state index contributed by atoms with van der Waals surface area (Å²) in [6.07, 6.45) is 1.06. The maximum atomic E-state index is 6.46. The van der Waals surface area contributed by atoms with Crippen LogP contribution in [-0.4, -0.2) is 37.7 Å². The molecule has 0 aliphatic heterocycles. The van der Waals surface area contributed by atoms with Crippen molar-refractivity contribution in [2.24, 2.45) is 11.7 Å². The summed E-state index contributed by atoms with van der Waals surface area (Å²) in [6, 6.07) is 9.11. The highest BCUT2D eigenvalue weighted by Crippen LogP contribution is 2.32. The predicted octanol–water partition coefficient (Wildman–Crippen LogP) is 2.22. The average Bonchev–Trinajstić information content (AvgIpc) is 2.72. The Morgan fingerprint density at radius 2 is 2.11 bits per heavy atom. The molecule has 3 nitrogen and oxygen atoms in total. The molecule has 0 bridgehead atoms. The molecular weight excluding hydrogens is 236 g/mol. The van der Waals surface area contributed by atoms with Crippen LogP contribution in [0.2, 0.25) is 0 Å². The Morgan fingerprint density at radius 1 is 1.37 bits per heavy atom. The molecule has 2 atom stereocenters. The van der Waals surface area contributed by atoms with Gasteiger partial charge in [-0.15, -0.1) is 0 Å². The van der Waals surface area contributed by atoms with Crippen molar-refractivity contribution in [3.8, 4) is 0 Å². The van der Waals surface area contributed by atoms with Crippen LogP contribution in [0.25, 0.3) is 0 Å². The summed E-state index contributed by atoms with van der Waals surface area (Å²) < 4.78 is 5.24. The zero-order chi connectivity index (χ0) is 13.8. The van der Waals surface area contributed by atoms with Gasteiger partial charge >= 0.3 is 0 Å². The fraction of sp³-hybridized carbons (Fsp3) is 0.625. The Morgan fingerprint density at radius 3 is 2.74 bits per heavy atom. The lowest BCUT2D eigenvalue weighted by Crippen LogP contribution is -2.44. The molecule has 0 saturated heterocycles. The first-order valence-electron chi connectivity index (χ1n) is 7.20. The van der Waals surface area contributed by atoms with Gasteiger partial charge in [0.05, 0.1) is 6.61 Å². The molecule has 2 unspecified atom stereocenters. The molecule has 1 aromatic rings. The Hall–Kier alpha value is -0.900. The fourth-order valence-electron chi connectivity index (χ4n) is 3.03. The van der Waals surface area contributed by atoms with E-state index in [1.807, 2.05) is 0 Å². The zero-order valence-electron chi connectivity index (χ0n) is 12.3. The summed E-state index contributed by atoms with van der Waals surface area (Å²) in [4.78, 5) is 2.50. The number of rotatable bonds is 6. The summed E-state index contributed by atoms with van der Waals surface area (Å²) in [5.41, 5.74) is 9.18. The number of hydrogen-bond donors (Lipinski definition) is 1. The van der Waals surface area contributed by atoms with Crippen LogP contribution >= 0.6 is 0 Å². The first kappa shape index (κ1) is 14.5. The summed E-state index contributed by atoms with van der Waals surface area (Å²) in [6.45, 7) is 7.32. The van der Waals surface area contributed by atoms with E-state index in [0.29, 0.717) is 12.0 Å².